The number of phenolic OH excluding ortho intramolecular Hbond substituents is 2. The van der Waals surface area contributed by atoms with Crippen LogP contribution in [0.2, 0.25) is 0 Å². The Bertz CT molecular complexity index is 766. The summed E-state index contributed by atoms with van der Waals surface area (Å²) in [6.45, 7) is -0.821. The van der Waals surface area contributed by atoms with Gasteiger partial charge in [-0.2, -0.15) is 0 Å². The minimum Gasteiger partial charge on any atom is -0.508 e. The van der Waals surface area contributed by atoms with Crippen molar-refractivity contribution in [3.63, 3.8) is 0 Å². The van der Waals surface area contributed by atoms with Gasteiger partial charge in [0.05, 0.1) is 13.2 Å². The van der Waals surface area contributed by atoms with Gasteiger partial charge in [-0.1, -0.05) is 0 Å². The highest BCUT2D eigenvalue weighted by atomic mass is 19.1. The van der Waals surface area contributed by atoms with Crippen LogP contribution in [0.4, 0.5) is 17.6 Å². The van der Waals surface area contributed by atoms with Gasteiger partial charge in [-0.3, -0.25) is 0 Å². The molecule has 27 heavy (non-hydrogen) atoms. The van der Waals surface area contributed by atoms with Gasteiger partial charge in [0.1, 0.15) is 45.9 Å². The molecule has 2 N–H and O–H groups in total. The summed E-state index contributed by atoms with van der Waals surface area (Å²) in [7, 11) is 0. The van der Waals surface area contributed by atoms with E-state index in [4.69, 9.17) is 10.2 Å². The molecule has 0 heterocycles. The Morgan fingerprint density at radius 3 is 1.30 bits per heavy atom. The third-order valence-corrected chi connectivity index (χ3v) is 3.22. The van der Waals surface area contributed by atoms with E-state index in [0.717, 1.165) is 0 Å². The second-order valence-electron chi connectivity index (χ2n) is 5.19. The SMILES string of the molecule is O=C(OCCCOC(=O)c1c(F)cc(O)cc1F)c1c(F)cc(O)cc1F. The Hall–Kier alpha value is -3.30. The molecular formula is C17H12F4O6. The maximum atomic E-state index is 13.5. The van der Waals surface area contributed by atoms with Crippen molar-refractivity contribution in [3.05, 3.63) is 58.7 Å². The van der Waals surface area contributed by atoms with Gasteiger partial charge in [0, 0.05) is 30.7 Å². The molecule has 2 aromatic carbocycles. The van der Waals surface area contributed by atoms with Crippen molar-refractivity contribution in [3.8, 4) is 11.5 Å². The van der Waals surface area contributed by atoms with Crippen LogP contribution in [-0.2, 0) is 9.47 Å². The van der Waals surface area contributed by atoms with Crippen LogP contribution < -0.4 is 0 Å². The molecule has 0 aliphatic rings. The van der Waals surface area contributed by atoms with Crippen LogP contribution in [0.3, 0.4) is 0 Å². The van der Waals surface area contributed by atoms with E-state index in [-0.39, 0.29) is 6.42 Å². The Morgan fingerprint density at radius 1 is 0.704 bits per heavy atom. The molecule has 0 saturated carbocycles. The molecule has 6 nitrogen and oxygen atoms in total. The van der Waals surface area contributed by atoms with Crippen molar-refractivity contribution in [2.45, 2.75) is 6.42 Å². The number of halogens is 4. The first-order chi connectivity index (χ1) is 12.7. The molecule has 2 rings (SSSR count). The first-order valence-corrected chi connectivity index (χ1v) is 7.41. The van der Waals surface area contributed by atoms with Crippen LogP contribution in [0.5, 0.6) is 11.5 Å². The fourth-order valence-corrected chi connectivity index (χ4v) is 2.04. The number of esters is 2. The van der Waals surface area contributed by atoms with E-state index in [1.165, 1.54) is 0 Å². The molecule has 0 unspecified atom stereocenters. The lowest BCUT2D eigenvalue weighted by molar-refractivity contribution is 0.0385. The largest absolute Gasteiger partial charge is 0.508 e. The molecule has 0 saturated heterocycles. The van der Waals surface area contributed by atoms with Gasteiger partial charge in [0.15, 0.2) is 0 Å². The Labute approximate surface area is 149 Å². The molecule has 2 aromatic rings. The van der Waals surface area contributed by atoms with E-state index in [1.807, 2.05) is 0 Å². The summed E-state index contributed by atoms with van der Waals surface area (Å²) < 4.78 is 63.1. The lowest BCUT2D eigenvalue weighted by atomic mass is 10.2. The zero-order valence-corrected chi connectivity index (χ0v) is 13.5. The molecule has 0 amide bonds. The Balaban J connectivity index is 1.84. The summed E-state index contributed by atoms with van der Waals surface area (Å²) in [5.74, 6) is -9.36. The number of hydrogen-bond acceptors (Lipinski definition) is 6. The first kappa shape index (κ1) is 20.0. The number of carbonyl (C=O) groups is 2. The second-order valence-corrected chi connectivity index (χ2v) is 5.19. The number of ether oxygens (including phenoxy) is 2. The summed E-state index contributed by atoms with van der Waals surface area (Å²) in [6, 6.07) is 2.12. The third-order valence-electron chi connectivity index (χ3n) is 3.22. The average Bonchev–Trinajstić information content (AvgIpc) is 2.52. The van der Waals surface area contributed by atoms with Crippen molar-refractivity contribution < 1.29 is 46.8 Å². The van der Waals surface area contributed by atoms with E-state index in [9.17, 15) is 27.2 Å². The lowest BCUT2D eigenvalue weighted by Gasteiger charge is -2.09. The minimum atomic E-state index is -1.34. The van der Waals surface area contributed by atoms with Gasteiger partial charge in [0.25, 0.3) is 0 Å². The van der Waals surface area contributed by atoms with Crippen LogP contribution in [0.15, 0.2) is 24.3 Å². The molecule has 0 bridgehead atoms. The van der Waals surface area contributed by atoms with E-state index in [0.29, 0.717) is 24.3 Å². The highest BCUT2D eigenvalue weighted by molar-refractivity contribution is 5.90. The molecule has 0 spiro atoms. The van der Waals surface area contributed by atoms with Gasteiger partial charge in [-0.05, 0) is 0 Å². The van der Waals surface area contributed by atoms with Crippen molar-refractivity contribution in [1.82, 2.24) is 0 Å². The number of rotatable bonds is 6. The monoisotopic (exact) mass is 388 g/mol. The number of carbonyl (C=O) groups excluding carboxylic acids is 2. The molecular weight excluding hydrogens is 376 g/mol. The van der Waals surface area contributed by atoms with E-state index < -0.39 is 71.0 Å². The summed E-state index contributed by atoms with van der Waals surface area (Å²) in [5, 5.41) is 18.0. The van der Waals surface area contributed by atoms with Gasteiger partial charge >= 0.3 is 11.9 Å². The highest BCUT2D eigenvalue weighted by Crippen LogP contribution is 2.21. The first-order valence-electron chi connectivity index (χ1n) is 7.41. The maximum Gasteiger partial charge on any atom is 0.344 e. The predicted molar refractivity (Wildman–Crippen MR) is 81.2 cm³/mol. The zero-order chi connectivity index (χ0) is 20.1. The average molecular weight is 388 g/mol. The van der Waals surface area contributed by atoms with Crippen molar-refractivity contribution in [2.75, 3.05) is 13.2 Å². The van der Waals surface area contributed by atoms with Crippen LogP contribution >= 0.6 is 0 Å². The van der Waals surface area contributed by atoms with Crippen LogP contribution in [-0.4, -0.2) is 35.4 Å². The highest BCUT2D eigenvalue weighted by Gasteiger charge is 2.21. The molecule has 0 aliphatic carbocycles. The quantitative estimate of drug-likeness (QED) is 0.449. The lowest BCUT2D eigenvalue weighted by Crippen LogP contribution is -2.14. The van der Waals surface area contributed by atoms with Gasteiger partial charge in [0.2, 0.25) is 0 Å². The maximum absolute atomic E-state index is 13.5. The molecule has 10 heteroatoms. The van der Waals surface area contributed by atoms with Crippen molar-refractivity contribution in [2.24, 2.45) is 0 Å². The zero-order valence-electron chi connectivity index (χ0n) is 13.5. The van der Waals surface area contributed by atoms with E-state index in [2.05, 4.69) is 9.47 Å². The number of benzene rings is 2. The summed E-state index contributed by atoms with van der Waals surface area (Å²) in [4.78, 5) is 23.2. The molecule has 0 fully saturated rings. The van der Waals surface area contributed by atoms with Crippen LogP contribution in [0, 0.1) is 23.3 Å². The van der Waals surface area contributed by atoms with Gasteiger partial charge < -0.3 is 19.7 Å². The second kappa shape index (κ2) is 8.39. The molecule has 0 radical (unpaired) electrons. The third kappa shape index (κ3) is 4.87. The van der Waals surface area contributed by atoms with Crippen LogP contribution in [0.25, 0.3) is 0 Å². The fourth-order valence-electron chi connectivity index (χ4n) is 2.04. The van der Waals surface area contributed by atoms with E-state index in [1.54, 1.807) is 0 Å². The minimum absolute atomic E-state index is 0.125. The summed E-state index contributed by atoms with van der Waals surface area (Å²) >= 11 is 0. The van der Waals surface area contributed by atoms with Crippen molar-refractivity contribution in [1.29, 1.82) is 0 Å². The predicted octanol–water partition coefficient (Wildman–Crippen LogP) is 3.06. The molecule has 144 valence electrons. The topological polar surface area (TPSA) is 93.1 Å². The van der Waals surface area contributed by atoms with E-state index >= 15 is 0 Å². The number of phenols is 2. The summed E-state index contributed by atoms with van der Waals surface area (Å²) in [6.07, 6.45) is -0.125. The van der Waals surface area contributed by atoms with Crippen LogP contribution in [0.1, 0.15) is 27.1 Å². The number of hydrogen-bond donors (Lipinski definition) is 2. The number of aromatic hydroxyl groups is 2. The summed E-state index contributed by atoms with van der Waals surface area (Å²) in [5.41, 5.74) is -2.00. The van der Waals surface area contributed by atoms with Gasteiger partial charge in [-0.25, -0.2) is 27.2 Å². The van der Waals surface area contributed by atoms with Crippen molar-refractivity contribution >= 4 is 11.9 Å². The normalized spacial score (nSPS) is 10.5. The molecule has 0 aliphatic heterocycles. The fraction of sp³-hybridized carbons (Fsp3) is 0.176. The molecule has 0 aromatic heterocycles. The smallest absolute Gasteiger partial charge is 0.344 e. The molecule has 0 atom stereocenters. The Kier molecular flexibility index (Phi) is 6.22. The van der Waals surface area contributed by atoms with Gasteiger partial charge in [-0.15, -0.1) is 0 Å². The standard InChI is InChI=1S/C17H12F4O6/c18-10-4-8(22)5-11(19)14(10)16(24)26-2-1-3-27-17(25)15-12(20)6-9(23)7-13(15)21/h4-7,22-23H,1-3H2. The Morgan fingerprint density at radius 2 is 1.00 bits per heavy atom.